The number of aromatic nitrogens is 1. The summed E-state index contributed by atoms with van der Waals surface area (Å²) in [6, 6.07) is 17.0. The Morgan fingerprint density at radius 1 is 1.11 bits per heavy atom. The number of thiazole rings is 1. The zero-order chi connectivity index (χ0) is 18.8. The van der Waals surface area contributed by atoms with Gasteiger partial charge in [0.05, 0.1) is 22.7 Å². The molecular formula is C21H17N3O2S. The van der Waals surface area contributed by atoms with Crippen LogP contribution in [0, 0.1) is 13.8 Å². The number of aryl methyl sites for hydroxylation is 2. The van der Waals surface area contributed by atoms with Crippen LogP contribution >= 0.6 is 11.3 Å². The number of nitrogens with zero attached hydrogens (tertiary/aromatic N) is 3. The summed E-state index contributed by atoms with van der Waals surface area (Å²) >= 11 is 1.43. The molecule has 0 saturated carbocycles. The molecule has 5 nitrogen and oxygen atoms in total. The van der Waals surface area contributed by atoms with Crippen LogP contribution in [0.25, 0.3) is 10.2 Å². The summed E-state index contributed by atoms with van der Waals surface area (Å²) in [5, 5.41) is 6.22. The van der Waals surface area contributed by atoms with Gasteiger partial charge in [-0.2, -0.15) is 10.1 Å². The Balaban J connectivity index is 1.77. The van der Waals surface area contributed by atoms with E-state index in [1.165, 1.54) is 22.6 Å². The van der Waals surface area contributed by atoms with Gasteiger partial charge in [0.1, 0.15) is 5.76 Å². The summed E-state index contributed by atoms with van der Waals surface area (Å²) in [5.41, 5.74) is 3.56. The quantitative estimate of drug-likeness (QED) is 0.364. The first kappa shape index (κ1) is 17.2. The topological polar surface area (TPSA) is 58.7 Å². The fraction of sp³-hybridized carbons (Fsp3) is 0.0952. The molecule has 0 radical (unpaired) electrons. The lowest BCUT2D eigenvalue weighted by Gasteiger charge is -2.13. The molecule has 0 aliphatic heterocycles. The Labute approximate surface area is 160 Å². The molecule has 0 N–H and O–H groups in total. The van der Waals surface area contributed by atoms with E-state index in [1.54, 1.807) is 24.5 Å². The van der Waals surface area contributed by atoms with Crippen molar-refractivity contribution in [1.82, 2.24) is 4.98 Å². The first-order valence-electron chi connectivity index (χ1n) is 8.46. The molecule has 2 aromatic carbocycles. The van der Waals surface area contributed by atoms with Gasteiger partial charge < -0.3 is 4.42 Å². The second kappa shape index (κ2) is 7.17. The van der Waals surface area contributed by atoms with Crippen LogP contribution in [0.2, 0.25) is 0 Å². The largest absolute Gasteiger partial charge is 0.463 e. The lowest BCUT2D eigenvalue weighted by atomic mass is 10.1. The average Bonchev–Trinajstić information content (AvgIpc) is 3.31. The molecule has 1 amide bonds. The number of hydrogen-bond acceptors (Lipinski definition) is 5. The Hall–Kier alpha value is -3.25. The van der Waals surface area contributed by atoms with Gasteiger partial charge in [-0.3, -0.25) is 4.79 Å². The molecule has 2 aromatic heterocycles. The highest BCUT2D eigenvalue weighted by Gasteiger charge is 2.21. The number of furan rings is 1. The van der Waals surface area contributed by atoms with Crippen LogP contribution in [-0.4, -0.2) is 17.1 Å². The van der Waals surface area contributed by atoms with Crippen LogP contribution < -0.4 is 5.01 Å². The zero-order valence-corrected chi connectivity index (χ0v) is 15.7. The Kier molecular flexibility index (Phi) is 4.56. The number of fused-ring (bicyclic) bond motifs is 1. The van der Waals surface area contributed by atoms with E-state index < -0.39 is 0 Å². The number of hydrazone groups is 1. The molecule has 134 valence electrons. The second-order valence-electron chi connectivity index (χ2n) is 6.21. The molecule has 6 heteroatoms. The minimum absolute atomic E-state index is 0.239. The van der Waals surface area contributed by atoms with Gasteiger partial charge in [0.15, 0.2) is 0 Å². The van der Waals surface area contributed by atoms with Crippen molar-refractivity contribution in [1.29, 1.82) is 0 Å². The fourth-order valence-electron chi connectivity index (χ4n) is 2.68. The number of hydrogen-bond donors (Lipinski definition) is 0. The predicted octanol–water partition coefficient (Wildman–Crippen LogP) is 5.19. The summed E-state index contributed by atoms with van der Waals surface area (Å²) in [4.78, 5) is 17.8. The normalized spacial score (nSPS) is 11.3. The maximum absolute atomic E-state index is 13.1. The zero-order valence-electron chi connectivity index (χ0n) is 14.9. The Bertz CT molecular complexity index is 1130. The van der Waals surface area contributed by atoms with E-state index in [1.807, 2.05) is 44.2 Å². The van der Waals surface area contributed by atoms with E-state index in [0.29, 0.717) is 16.5 Å². The smallest absolute Gasteiger partial charge is 0.280 e. The highest BCUT2D eigenvalue weighted by molar-refractivity contribution is 7.22. The van der Waals surface area contributed by atoms with Gasteiger partial charge in [0, 0.05) is 5.56 Å². The molecule has 0 saturated heterocycles. The molecule has 0 unspecified atom stereocenters. The molecule has 0 bridgehead atoms. The van der Waals surface area contributed by atoms with Crippen molar-refractivity contribution >= 4 is 38.8 Å². The van der Waals surface area contributed by atoms with Gasteiger partial charge >= 0.3 is 0 Å². The lowest BCUT2D eigenvalue weighted by molar-refractivity contribution is 0.0987. The monoisotopic (exact) mass is 375 g/mol. The molecule has 0 atom stereocenters. The van der Waals surface area contributed by atoms with E-state index >= 15 is 0 Å². The first-order valence-corrected chi connectivity index (χ1v) is 9.27. The van der Waals surface area contributed by atoms with E-state index in [-0.39, 0.29) is 5.91 Å². The highest BCUT2D eigenvalue weighted by atomic mass is 32.1. The van der Waals surface area contributed by atoms with Crippen LogP contribution in [0.3, 0.4) is 0 Å². The van der Waals surface area contributed by atoms with Crippen molar-refractivity contribution in [2.75, 3.05) is 5.01 Å². The van der Waals surface area contributed by atoms with Crippen LogP contribution in [0.15, 0.2) is 70.4 Å². The van der Waals surface area contributed by atoms with E-state index in [2.05, 4.69) is 16.2 Å². The summed E-state index contributed by atoms with van der Waals surface area (Å²) in [5.74, 6) is 0.325. The van der Waals surface area contributed by atoms with Crippen molar-refractivity contribution in [3.05, 3.63) is 83.3 Å². The number of benzene rings is 2. The summed E-state index contributed by atoms with van der Waals surface area (Å²) in [6.45, 7) is 3.98. The van der Waals surface area contributed by atoms with Gasteiger partial charge in [-0.25, -0.2) is 4.98 Å². The third kappa shape index (κ3) is 3.66. The predicted molar refractivity (Wildman–Crippen MR) is 109 cm³/mol. The number of rotatable bonds is 4. The molecule has 0 aliphatic carbocycles. The number of anilines is 1. The van der Waals surface area contributed by atoms with Gasteiger partial charge in [0.2, 0.25) is 5.13 Å². The molecule has 4 aromatic rings. The fourth-order valence-corrected chi connectivity index (χ4v) is 3.70. The van der Waals surface area contributed by atoms with Gasteiger partial charge in [-0.05, 0) is 55.8 Å². The van der Waals surface area contributed by atoms with Crippen molar-refractivity contribution < 1.29 is 9.21 Å². The maximum Gasteiger partial charge on any atom is 0.280 e. The molecule has 27 heavy (non-hydrogen) atoms. The van der Waals surface area contributed by atoms with Crippen LogP contribution in [-0.2, 0) is 0 Å². The molecule has 0 aliphatic rings. The Morgan fingerprint density at radius 3 is 2.74 bits per heavy atom. The molecule has 0 fully saturated rings. The van der Waals surface area contributed by atoms with Crippen molar-refractivity contribution in [2.45, 2.75) is 13.8 Å². The van der Waals surface area contributed by atoms with Crippen LogP contribution in [0.4, 0.5) is 5.13 Å². The van der Waals surface area contributed by atoms with E-state index in [4.69, 9.17) is 4.42 Å². The summed E-state index contributed by atoms with van der Waals surface area (Å²) in [6.07, 6.45) is 3.08. The van der Waals surface area contributed by atoms with Crippen molar-refractivity contribution in [3.8, 4) is 0 Å². The van der Waals surface area contributed by atoms with Gasteiger partial charge in [0.25, 0.3) is 5.91 Å². The highest BCUT2D eigenvalue weighted by Crippen LogP contribution is 2.30. The molecule has 2 heterocycles. The first-order chi connectivity index (χ1) is 13.1. The summed E-state index contributed by atoms with van der Waals surface area (Å²) < 4.78 is 6.31. The third-order valence-electron chi connectivity index (χ3n) is 4.01. The summed E-state index contributed by atoms with van der Waals surface area (Å²) in [7, 11) is 0. The van der Waals surface area contributed by atoms with E-state index in [9.17, 15) is 4.79 Å². The second-order valence-corrected chi connectivity index (χ2v) is 7.22. The minimum atomic E-state index is -0.239. The number of carbonyl (C=O) groups excluding carboxylic acids is 1. The lowest BCUT2D eigenvalue weighted by Crippen LogP contribution is -2.25. The average molecular weight is 375 g/mol. The van der Waals surface area contributed by atoms with Crippen LogP contribution in [0.5, 0.6) is 0 Å². The van der Waals surface area contributed by atoms with Crippen LogP contribution in [0.1, 0.15) is 27.2 Å². The van der Waals surface area contributed by atoms with Gasteiger partial charge in [-0.1, -0.05) is 35.1 Å². The van der Waals surface area contributed by atoms with Gasteiger partial charge in [-0.15, -0.1) is 0 Å². The molecular weight excluding hydrogens is 358 g/mol. The van der Waals surface area contributed by atoms with Crippen molar-refractivity contribution in [2.24, 2.45) is 5.10 Å². The third-order valence-corrected chi connectivity index (χ3v) is 5.01. The molecule has 4 rings (SSSR count). The number of carbonyl (C=O) groups is 1. The minimum Gasteiger partial charge on any atom is -0.463 e. The maximum atomic E-state index is 13.1. The van der Waals surface area contributed by atoms with E-state index in [0.717, 1.165) is 21.3 Å². The standard InChI is InChI=1S/C21H17N3O2S/c1-14-5-3-6-16(11-14)20(25)24(22-13-17-7-4-10-26-17)21-23-18-9-8-15(2)12-19(18)27-21/h3-13H,1-2H3/b22-13+. The SMILES string of the molecule is Cc1cccc(C(=O)N(/N=C/c2ccco2)c2nc3ccc(C)cc3s2)c1. The number of amides is 1. The van der Waals surface area contributed by atoms with Crippen molar-refractivity contribution in [3.63, 3.8) is 0 Å². The Morgan fingerprint density at radius 2 is 1.96 bits per heavy atom. The molecule has 0 spiro atoms.